The summed E-state index contributed by atoms with van der Waals surface area (Å²) >= 11 is 0. The number of rotatable bonds is 5. The second-order valence-corrected chi connectivity index (χ2v) is 7.75. The van der Waals surface area contributed by atoms with Crippen LogP contribution in [0.1, 0.15) is 24.0 Å². The van der Waals surface area contributed by atoms with Gasteiger partial charge in [-0.2, -0.15) is 0 Å². The van der Waals surface area contributed by atoms with Gasteiger partial charge in [0.2, 0.25) is 11.8 Å². The lowest BCUT2D eigenvalue weighted by Crippen LogP contribution is -2.70. The Morgan fingerprint density at radius 2 is 2.03 bits per heavy atom. The number of fused-ring (bicyclic) bond motifs is 1. The van der Waals surface area contributed by atoms with Crippen LogP contribution in [0.2, 0.25) is 0 Å². The van der Waals surface area contributed by atoms with Gasteiger partial charge in [-0.05, 0) is 50.1 Å². The van der Waals surface area contributed by atoms with Crippen molar-refractivity contribution in [2.24, 2.45) is 0 Å². The third-order valence-electron chi connectivity index (χ3n) is 5.55. The first-order valence-electron chi connectivity index (χ1n) is 10.1. The van der Waals surface area contributed by atoms with E-state index in [1.807, 2.05) is 37.3 Å². The smallest absolute Gasteiger partial charge is 0.325 e. The zero-order chi connectivity index (χ0) is 21.1. The van der Waals surface area contributed by atoms with Gasteiger partial charge < -0.3 is 15.5 Å². The molecule has 1 aromatic carbocycles. The van der Waals surface area contributed by atoms with E-state index in [0.29, 0.717) is 18.7 Å². The molecule has 0 aliphatic carbocycles. The molecule has 8 heteroatoms. The Labute approximate surface area is 175 Å². The molecular weight excluding hydrogens is 382 g/mol. The van der Waals surface area contributed by atoms with E-state index in [9.17, 15) is 14.4 Å². The summed E-state index contributed by atoms with van der Waals surface area (Å²) in [7, 11) is 0. The number of hydrogen-bond donors (Lipinski definition) is 2. The number of imide groups is 1. The predicted molar refractivity (Wildman–Crippen MR) is 112 cm³/mol. The van der Waals surface area contributed by atoms with Crippen molar-refractivity contribution in [1.82, 2.24) is 20.1 Å². The van der Waals surface area contributed by atoms with Crippen molar-refractivity contribution in [1.29, 1.82) is 0 Å². The third-order valence-corrected chi connectivity index (χ3v) is 5.55. The second kappa shape index (κ2) is 8.62. The Balaban J connectivity index is 1.53. The first-order valence-corrected chi connectivity index (χ1v) is 10.1. The Hall–Kier alpha value is -3.26. The normalized spacial score (nSPS) is 21.4. The standard InChI is InChI=1S/C22H25N5O3/c1-15-6-8-17(9-7-15)25-19(28)14-26-18-5-3-11-24-20(18)21(29)27(22(26)30)13-16-4-2-10-23-12-16/h2,4,6-10,12,18,20,24H,3,5,11,13-14H2,1H3,(H,25,28). The van der Waals surface area contributed by atoms with Gasteiger partial charge in [0.15, 0.2) is 0 Å². The summed E-state index contributed by atoms with van der Waals surface area (Å²) in [4.78, 5) is 45.8. The molecule has 0 radical (unpaired) electrons. The molecule has 8 nitrogen and oxygen atoms in total. The number of nitrogens with one attached hydrogen (secondary N) is 2. The molecule has 2 atom stereocenters. The SMILES string of the molecule is Cc1ccc(NC(=O)CN2C(=O)N(Cc3cccnc3)C(=O)C3NCCCC32)cc1. The van der Waals surface area contributed by atoms with E-state index < -0.39 is 12.1 Å². The lowest BCUT2D eigenvalue weighted by Gasteiger charge is -2.46. The molecule has 2 saturated heterocycles. The molecule has 1 aromatic heterocycles. The van der Waals surface area contributed by atoms with Gasteiger partial charge in [0.05, 0.1) is 12.6 Å². The Bertz CT molecular complexity index is 932. The fourth-order valence-electron chi connectivity index (χ4n) is 4.01. The van der Waals surface area contributed by atoms with Gasteiger partial charge in [-0.3, -0.25) is 19.5 Å². The van der Waals surface area contributed by atoms with Gasteiger partial charge in [0.1, 0.15) is 12.6 Å². The van der Waals surface area contributed by atoms with Crippen LogP contribution in [0, 0.1) is 6.92 Å². The van der Waals surface area contributed by atoms with E-state index in [4.69, 9.17) is 0 Å². The molecule has 0 bridgehead atoms. The monoisotopic (exact) mass is 407 g/mol. The molecule has 0 saturated carbocycles. The Morgan fingerprint density at radius 1 is 1.23 bits per heavy atom. The van der Waals surface area contributed by atoms with Crippen LogP contribution in [0.25, 0.3) is 0 Å². The number of aryl methyl sites for hydroxylation is 1. The molecule has 4 rings (SSSR count). The average molecular weight is 407 g/mol. The molecule has 2 aliphatic heterocycles. The Morgan fingerprint density at radius 3 is 2.77 bits per heavy atom. The highest BCUT2D eigenvalue weighted by atomic mass is 16.2. The first kappa shape index (κ1) is 20.0. The van der Waals surface area contributed by atoms with Crippen molar-refractivity contribution >= 4 is 23.5 Å². The van der Waals surface area contributed by atoms with Gasteiger partial charge in [-0.25, -0.2) is 4.79 Å². The van der Waals surface area contributed by atoms with Crippen molar-refractivity contribution in [3.05, 3.63) is 59.9 Å². The van der Waals surface area contributed by atoms with Crippen LogP contribution in [0.15, 0.2) is 48.8 Å². The van der Waals surface area contributed by atoms with E-state index in [2.05, 4.69) is 15.6 Å². The number of aromatic nitrogens is 1. The summed E-state index contributed by atoms with van der Waals surface area (Å²) in [6.07, 6.45) is 4.81. The lowest BCUT2D eigenvalue weighted by molar-refractivity contribution is -0.138. The maximum Gasteiger partial charge on any atom is 0.327 e. The molecule has 2 aromatic rings. The fraction of sp³-hybridized carbons (Fsp3) is 0.364. The fourth-order valence-corrected chi connectivity index (χ4v) is 4.01. The van der Waals surface area contributed by atoms with Gasteiger partial charge in [-0.1, -0.05) is 23.8 Å². The zero-order valence-corrected chi connectivity index (χ0v) is 16.9. The topological polar surface area (TPSA) is 94.6 Å². The molecule has 3 heterocycles. The molecule has 2 fully saturated rings. The van der Waals surface area contributed by atoms with E-state index in [1.54, 1.807) is 18.5 Å². The van der Waals surface area contributed by atoms with Crippen LogP contribution in [-0.2, 0) is 16.1 Å². The highest BCUT2D eigenvalue weighted by Gasteiger charge is 2.47. The number of urea groups is 1. The van der Waals surface area contributed by atoms with Crippen LogP contribution in [-0.4, -0.2) is 57.8 Å². The summed E-state index contributed by atoms with van der Waals surface area (Å²) in [6, 6.07) is 9.81. The largest absolute Gasteiger partial charge is 0.327 e. The summed E-state index contributed by atoms with van der Waals surface area (Å²) in [5, 5.41) is 6.08. The van der Waals surface area contributed by atoms with Gasteiger partial charge in [0, 0.05) is 18.1 Å². The summed E-state index contributed by atoms with van der Waals surface area (Å²) in [5.74, 6) is -0.532. The van der Waals surface area contributed by atoms with Crippen molar-refractivity contribution in [3.63, 3.8) is 0 Å². The van der Waals surface area contributed by atoms with Gasteiger partial charge in [-0.15, -0.1) is 0 Å². The molecular formula is C22H25N5O3. The maximum atomic E-state index is 13.2. The molecule has 2 aliphatic rings. The van der Waals surface area contributed by atoms with Crippen molar-refractivity contribution < 1.29 is 14.4 Å². The van der Waals surface area contributed by atoms with E-state index in [0.717, 1.165) is 17.5 Å². The van der Waals surface area contributed by atoms with E-state index in [1.165, 1.54) is 9.80 Å². The number of pyridine rings is 1. The number of amides is 4. The lowest BCUT2D eigenvalue weighted by atomic mass is 9.93. The third kappa shape index (κ3) is 4.18. The minimum absolute atomic E-state index is 0.105. The first-order chi connectivity index (χ1) is 14.5. The summed E-state index contributed by atoms with van der Waals surface area (Å²) in [6.45, 7) is 2.71. The minimum Gasteiger partial charge on any atom is -0.325 e. The molecule has 0 spiro atoms. The van der Waals surface area contributed by atoms with Crippen LogP contribution >= 0.6 is 0 Å². The maximum absolute atomic E-state index is 13.2. The molecule has 156 valence electrons. The summed E-state index contributed by atoms with van der Waals surface area (Å²) in [5.41, 5.74) is 2.54. The number of benzene rings is 1. The highest BCUT2D eigenvalue weighted by molar-refractivity contribution is 6.02. The van der Waals surface area contributed by atoms with E-state index in [-0.39, 0.29) is 30.9 Å². The molecule has 4 amide bonds. The van der Waals surface area contributed by atoms with Crippen molar-refractivity contribution in [2.75, 3.05) is 18.4 Å². The second-order valence-electron chi connectivity index (χ2n) is 7.75. The van der Waals surface area contributed by atoms with Crippen molar-refractivity contribution in [3.8, 4) is 0 Å². The van der Waals surface area contributed by atoms with E-state index >= 15 is 0 Å². The number of hydrogen-bond acceptors (Lipinski definition) is 5. The van der Waals surface area contributed by atoms with Crippen molar-refractivity contribution in [2.45, 2.75) is 38.4 Å². The van der Waals surface area contributed by atoms with Crippen LogP contribution in [0.5, 0.6) is 0 Å². The quantitative estimate of drug-likeness (QED) is 0.790. The van der Waals surface area contributed by atoms with Crippen LogP contribution in [0.4, 0.5) is 10.5 Å². The number of piperidine rings is 1. The van der Waals surface area contributed by atoms with Gasteiger partial charge in [0.25, 0.3) is 0 Å². The Kier molecular flexibility index (Phi) is 5.76. The highest BCUT2D eigenvalue weighted by Crippen LogP contribution is 2.26. The number of anilines is 1. The number of carbonyl (C=O) groups excluding carboxylic acids is 3. The molecule has 2 N–H and O–H groups in total. The zero-order valence-electron chi connectivity index (χ0n) is 16.9. The van der Waals surface area contributed by atoms with Crippen LogP contribution < -0.4 is 10.6 Å². The molecule has 30 heavy (non-hydrogen) atoms. The number of carbonyl (C=O) groups is 3. The van der Waals surface area contributed by atoms with Crippen LogP contribution in [0.3, 0.4) is 0 Å². The minimum atomic E-state index is -0.500. The molecule has 2 unspecified atom stereocenters. The average Bonchev–Trinajstić information content (AvgIpc) is 2.76. The summed E-state index contributed by atoms with van der Waals surface area (Å²) < 4.78 is 0. The number of nitrogens with zero attached hydrogens (tertiary/aromatic N) is 3. The predicted octanol–water partition coefficient (Wildman–Crippen LogP) is 1.91. The van der Waals surface area contributed by atoms with Gasteiger partial charge >= 0.3 is 6.03 Å².